The van der Waals surface area contributed by atoms with Gasteiger partial charge in [0.25, 0.3) is 5.91 Å². The van der Waals surface area contributed by atoms with Crippen molar-refractivity contribution in [2.45, 2.75) is 19.3 Å². The zero-order valence-electron chi connectivity index (χ0n) is 10.3. The van der Waals surface area contributed by atoms with E-state index >= 15 is 0 Å². The molecule has 2 nitrogen and oxygen atoms in total. The molecule has 1 aromatic carbocycles. The zero-order chi connectivity index (χ0) is 13.5. The van der Waals surface area contributed by atoms with Crippen molar-refractivity contribution in [3.63, 3.8) is 0 Å². The van der Waals surface area contributed by atoms with Gasteiger partial charge in [-0.25, -0.2) is 0 Å². The lowest BCUT2D eigenvalue weighted by molar-refractivity contribution is 0.0792. The van der Waals surface area contributed by atoms with E-state index in [4.69, 9.17) is 23.2 Å². The van der Waals surface area contributed by atoms with E-state index in [1.165, 1.54) is 0 Å². The molecule has 5 heteroatoms. The topological polar surface area (TPSA) is 20.3 Å². The molecule has 0 heterocycles. The summed E-state index contributed by atoms with van der Waals surface area (Å²) in [6.45, 7) is 0.746. The summed E-state index contributed by atoms with van der Waals surface area (Å²) in [5.41, 5.74) is 0.645. The molecule has 18 heavy (non-hydrogen) atoms. The van der Waals surface area contributed by atoms with Gasteiger partial charge in [0.15, 0.2) is 0 Å². The van der Waals surface area contributed by atoms with Gasteiger partial charge in [-0.1, -0.05) is 18.0 Å². The number of carbonyl (C=O) groups excluding carboxylic acids is 1. The number of halogens is 3. The van der Waals surface area contributed by atoms with E-state index in [0.29, 0.717) is 16.5 Å². The van der Waals surface area contributed by atoms with Crippen molar-refractivity contribution in [2.75, 3.05) is 19.5 Å². The molecule has 1 rings (SSSR count). The Bertz CT molecular complexity index is 412. The van der Waals surface area contributed by atoms with Crippen LogP contribution in [0, 0.1) is 0 Å². The van der Waals surface area contributed by atoms with E-state index in [0.717, 1.165) is 30.3 Å². The van der Waals surface area contributed by atoms with Crippen molar-refractivity contribution < 1.29 is 4.79 Å². The number of rotatable bonds is 6. The molecule has 0 atom stereocenters. The van der Waals surface area contributed by atoms with Crippen LogP contribution in [0.5, 0.6) is 0 Å². The van der Waals surface area contributed by atoms with Crippen molar-refractivity contribution in [2.24, 2.45) is 0 Å². The fraction of sp³-hybridized carbons (Fsp3) is 0.462. The van der Waals surface area contributed by atoms with Gasteiger partial charge in [-0.05, 0) is 47.0 Å². The number of nitrogens with zero attached hydrogens (tertiary/aromatic N) is 1. The van der Waals surface area contributed by atoms with Crippen molar-refractivity contribution in [3.05, 3.63) is 33.3 Å². The number of hydrogen-bond acceptors (Lipinski definition) is 1. The van der Waals surface area contributed by atoms with Gasteiger partial charge in [-0.3, -0.25) is 4.79 Å². The van der Waals surface area contributed by atoms with Crippen molar-refractivity contribution in [1.82, 2.24) is 4.90 Å². The first-order chi connectivity index (χ1) is 8.56. The van der Waals surface area contributed by atoms with Crippen LogP contribution in [0.4, 0.5) is 0 Å². The smallest absolute Gasteiger partial charge is 0.253 e. The highest BCUT2D eigenvalue weighted by Gasteiger charge is 2.12. The molecule has 1 aromatic rings. The van der Waals surface area contributed by atoms with Gasteiger partial charge in [0.1, 0.15) is 0 Å². The highest BCUT2D eigenvalue weighted by molar-refractivity contribution is 9.10. The molecule has 0 aliphatic heterocycles. The average molecular weight is 353 g/mol. The third-order valence-corrected chi connectivity index (χ3v) is 4.12. The molecule has 0 saturated heterocycles. The molecule has 1 amide bonds. The Morgan fingerprint density at radius 3 is 2.67 bits per heavy atom. The summed E-state index contributed by atoms with van der Waals surface area (Å²) in [4.78, 5) is 13.8. The van der Waals surface area contributed by atoms with Gasteiger partial charge in [0.2, 0.25) is 0 Å². The molecule has 0 aliphatic rings. The molecule has 0 fully saturated rings. The normalized spacial score (nSPS) is 10.4. The lowest BCUT2D eigenvalue weighted by Crippen LogP contribution is -2.27. The minimum absolute atomic E-state index is 0.0123. The Balaban J connectivity index is 2.54. The second kappa shape index (κ2) is 8.03. The molecule has 0 bridgehead atoms. The first kappa shape index (κ1) is 15.8. The molecular weight excluding hydrogens is 337 g/mol. The molecular formula is C13H16BrCl2NO. The van der Waals surface area contributed by atoms with E-state index in [2.05, 4.69) is 15.9 Å². The molecule has 0 saturated carbocycles. The standard InChI is InChI=1S/C13H16BrCl2NO/c1-17(8-4-2-3-7-15)13(18)10-5-6-12(16)11(14)9-10/h5-6,9H,2-4,7-8H2,1H3. The number of carbonyl (C=O) groups is 1. The number of amides is 1. The summed E-state index contributed by atoms with van der Waals surface area (Å²) in [7, 11) is 1.81. The summed E-state index contributed by atoms with van der Waals surface area (Å²) >= 11 is 14.8. The maximum Gasteiger partial charge on any atom is 0.253 e. The fourth-order valence-electron chi connectivity index (χ4n) is 1.57. The van der Waals surface area contributed by atoms with Crippen molar-refractivity contribution in [1.29, 1.82) is 0 Å². The minimum atomic E-state index is 0.0123. The van der Waals surface area contributed by atoms with Gasteiger partial charge in [0.05, 0.1) is 5.02 Å². The van der Waals surface area contributed by atoms with Gasteiger partial charge in [0, 0.05) is 29.5 Å². The van der Waals surface area contributed by atoms with E-state index in [9.17, 15) is 4.79 Å². The van der Waals surface area contributed by atoms with Crippen LogP contribution in [0.3, 0.4) is 0 Å². The van der Waals surface area contributed by atoms with E-state index in [1.54, 1.807) is 23.1 Å². The maximum atomic E-state index is 12.1. The van der Waals surface area contributed by atoms with Gasteiger partial charge in [-0.15, -0.1) is 11.6 Å². The van der Waals surface area contributed by atoms with Crippen LogP contribution in [0.2, 0.25) is 5.02 Å². The van der Waals surface area contributed by atoms with Gasteiger partial charge < -0.3 is 4.90 Å². The molecule has 0 spiro atoms. The molecule has 0 aromatic heterocycles. The van der Waals surface area contributed by atoms with E-state index < -0.39 is 0 Å². The fourth-order valence-corrected chi connectivity index (χ4v) is 2.26. The summed E-state index contributed by atoms with van der Waals surface area (Å²) in [5.74, 6) is 0.695. The van der Waals surface area contributed by atoms with Crippen LogP contribution in [0.15, 0.2) is 22.7 Å². The Hall–Kier alpha value is -0.250. The third kappa shape index (κ3) is 4.79. The minimum Gasteiger partial charge on any atom is -0.342 e. The third-order valence-electron chi connectivity index (χ3n) is 2.64. The van der Waals surface area contributed by atoms with Crippen LogP contribution in [-0.4, -0.2) is 30.3 Å². The Labute approximate surface area is 126 Å². The highest BCUT2D eigenvalue weighted by atomic mass is 79.9. The number of hydrogen-bond donors (Lipinski definition) is 0. The number of alkyl halides is 1. The summed E-state index contributed by atoms with van der Waals surface area (Å²) in [6, 6.07) is 5.21. The van der Waals surface area contributed by atoms with Gasteiger partial charge in [-0.2, -0.15) is 0 Å². The number of benzene rings is 1. The SMILES string of the molecule is CN(CCCCCCl)C(=O)c1ccc(Cl)c(Br)c1. The lowest BCUT2D eigenvalue weighted by Gasteiger charge is -2.17. The predicted octanol–water partition coefficient (Wildman–Crippen LogP) is 4.58. The van der Waals surface area contributed by atoms with Crippen LogP contribution < -0.4 is 0 Å². The zero-order valence-corrected chi connectivity index (χ0v) is 13.4. The largest absolute Gasteiger partial charge is 0.342 e. The summed E-state index contributed by atoms with van der Waals surface area (Å²) in [5, 5.41) is 0.608. The van der Waals surface area contributed by atoms with E-state index in [-0.39, 0.29) is 5.91 Å². The van der Waals surface area contributed by atoms with Crippen LogP contribution >= 0.6 is 39.1 Å². The van der Waals surface area contributed by atoms with E-state index in [1.807, 2.05) is 7.05 Å². The molecule has 0 radical (unpaired) electrons. The number of unbranched alkanes of at least 4 members (excludes halogenated alkanes) is 2. The van der Waals surface area contributed by atoms with Crippen LogP contribution in [-0.2, 0) is 0 Å². The highest BCUT2D eigenvalue weighted by Crippen LogP contribution is 2.23. The predicted molar refractivity (Wildman–Crippen MR) is 80.7 cm³/mol. The first-order valence-electron chi connectivity index (χ1n) is 5.82. The molecule has 0 unspecified atom stereocenters. The average Bonchev–Trinajstić information content (AvgIpc) is 2.37. The molecule has 0 aliphatic carbocycles. The lowest BCUT2D eigenvalue weighted by atomic mass is 10.2. The Morgan fingerprint density at radius 1 is 1.33 bits per heavy atom. The molecule has 0 N–H and O–H groups in total. The second-order valence-corrected chi connectivity index (χ2v) is 5.74. The summed E-state index contributed by atoms with van der Waals surface area (Å²) in [6.07, 6.45) is 3.02. The quantitative estimate of drug-likeness (QED) is 0.541. The second-order valence-electron chi connectivity index (χ2n) is 4.11. The van der Waals surface area contributed by atoms with Crippen molar-refractivity contribution in [3.8, 4) is 0 Å². The first-order valence-corrected chi connectivity index (χ1v) is 7.53. The Morgan fingerprint density at radius 2 is 2.06 bits per heavy atom. The van der Waals surface area contributed by atoms with Crippen molar-refractivity contribution >= 4 is 45.0 Å². The van der Waals surface area contributed by atoms with Crippen LogP contribution in [0.25, 0.3) is 0 Å². The monoisotopic (exact) mass is 351 g/mol. The maximum absolute atomic E-state index is 12.1. The summed E-state index contributed by atoms with van der Waals surface area (Å²) < 4.78 is 0.741. The van der Waals surface area contributed by atoms with Gasteiger partial charge >= 0.3 is 0 Å². The van der Waals surface area contributed by atoms with Crippen LogP contribution in [0.1, 0.15) is 29.6 Å². The Kier molecular flexibility index (Phi) is 7.05. The molecule has 100 valence electrons.